The molecule has 5 nitrogen and oxygen atoms in total. The number of nitrogens with one attached hydrogen (secondary N) is 1. The third-order valence-electron chi connectivity index (χ3n) is 3.64. The molecule has 2 saturated heterocycles. The first-order valence-electron chi connectivity index (χ1n) is 6.90. The standard InChI is InChI=1S/C13H21N3O2S/c1-17-5-4-14-6-12-7-15-13(19-12)16-8-10-2-3-11(9-16)18-10/h7,10-11,14H,2-6,8-9H2,1H3. The number of anilines is 1. The van der Waals surface area contributed by atoms with Crippen LogP contribution in [0, 0.1) is 0 Å². The number of rotatable bonds is 6. The van der Waals surface area contributed by atoms with E-state index in [9.17, 15) is 0 Å². The van der Waals surface area contributed by atoms with Gasteiger partial charge in [0.05, 0.1) is 18.8 Å². The van der Waals surface area contributed by atoms with Gasteiger partial charge in [0.2, 0.25) is 0 Å². The second kappa shape index (κ2) is 6.17. The van der Waals surface area contributed by atoms with Gasteiger partial charge in [-0.1, -0.05) is 0 Å². The van der Waals surface area contributed by atoms with Gasteiger partial charge in [0.1, 0.15) is 0 Å². The van der Waals surface area contributed by atoms with E-state index in [1.165, 1.54) is 17.7 Å². The zero-order valence-corrected chi connectivity index (χ0v) is 12.1. The van der Waals surface area contributed by atoms with Crippen LogP contribution in [0.2, 0.25) is 0 Å². The summed E-state index contributed by atoms with van der Waals surface area (Å²) in [4.78, 5) is 8.22. The first-order valence-corrected chi connectivity index (χ1v) is 7.71. The lowest BCUT2D eigenvalue weighted by atomic mass is 10.2. The SMILES string of the molecule is COCCNCc1cnc(N2CC3CCC(C2)O3)s1. The van der Waals surface area contributed by atoms with E-state index in [1.54, 1.807) is 18.4 Å². The molecule has 106 valence electrons. The van der Waals surface area contributed by atoms with Gasteiger partial charge in [0.25, 0.3) is 0 Å². The summed E-state index contributed by atoms with van der Waals surface area (Å²) in [7, 11) is 1.72. The fourth-order valence-electron chi connectivity index (χ4n) is 2.68. The molecule has 2 atom stereocenters. The summed E-state index contributed by atoms with van der Waals surface area (Å²) in [5.74, 6) is 0. The molecule has 2 aliphatic rings. The molecule has 2 fully saturated rings. The first-order chi connectivity index (χ1) is 9.35. The molecule has 19 heavy (non-hydrogen) atoms. The summed E-state index contributed by atoms with van der Waals surface area (Å²) in [5, 5.41) is 4.49. The van der Waals surface area contributed by atoms with Crippen LogP contribution in [0.25, 0.3) is 0 Å². The van der Waals surface area contributed by atoms with Crippen molar-refractivity contribution >= 4 is 16.5 Å². The van der Waals surface area contributed by atoms with Gasteiger partial charge < -0.3 is 19.7 Å². The van der Waals surface area contributed by atoms with Gasteiger partial charge in [0, 0.05) is 44.4 Å². The number of ether oxygens (including phenoxy) is 2. The topological polar surface area (TPSA) is 46.6 Å². The summed E-state index contributed by atoms with van der Waals surface area (Å²) in [5.41, 5.74) is 0. The number of thiazole rings is 1. The first kappa shape index (κ1) is 13.3. The van der Waals surface area contributed by atoms with Gasteiger partial charge in [-0.15, -0.1) is 11.3 Å². The van der Waals surface area contributed by atoms with Crippen molar-refractivity contribution in [1.82, 2.24) is 10.3 Å². The molecule has 0 aliphatic carbocycles. The third kappa shape index (κ3) is 3.25. The Kier molecular flexibility index (Phi) is 4.32. The predicted octanol–water partition coefficient (Wildman–Crippen LogP) is 1.25. The number of hydrogen-bond donors (Lipinski definition) is 1. The molecule has 0 amide bonds. The van der Waals surface area contributed by atoms with E-state index in [0.29, 0.717) is 12.2 Å². The molecule has 6 heteroatoms. The molecule has 0 spiro atoms. The monoisotopic (exact) mass is 283 g/mol. The summed E-state index contributed by atoms with van der Waals surface area (Å²) in [6.45, 7) is 4.50. The van der Waals surface area contributed by atoms with Crippen molar-refractivity contribution in [2.24, 2.45) is 0 Å². The highest BCUT2D eigenvalue weighted by atomic mass is 32.1. The number of nitrogens with zero attached hydrogens (tertiary/aromatic N) is 2. The Hall–Kier alpha value is -0.690. The zero-order valence-electron chi connectivity index (χ0n) is 11.3. The predicted molar refractivity (Wildman–Crippen MR) is 75.8 cm³/mol. The van der Waals surface area contributed by atoms with Crippen LogP contribution in [-0.4, -0.2) is 50.5 Å². The van der Waals surface area contributed by atoms with Crippen molar-refractivity contribution in [2.45, 2.75) is 31.6 Å². The van der Waals surface area contributed by atoms with Crippen LogP contribution in [0.3, 0.4) is 0 Å². The molecule has 0 aromatic carbocycles. The molecule has 1 N–H and O–H groups in total. The Morgan fingerprint density at radius 2 is 2.26 bits per heavy atom. The smallest absolute Gasteiger partial charge is 0.185 e. The van der Waals surface area contributed by atoms with E-state index in [0.717, 1.165) is 37.9 Å². The van der Waals surface area contributed by atoms with Gasteiger partial charge >= 0.3 is 0 Å². The van der Waals surface area contributed by atoms with Crippen LogP contribution in [0.15, 0.2) is 6.20 Å². The number of morpholine rings is 1. The lowest BCUT2D eigenvalue weighted by Crippen LogP contribution is -2.42. The van der Waals surface area contributed by atoms with Crippen LogP contribution in [-0.2, 0) is 16.0 Å². The van der Waals surface area contributed by atoms with Gasteiger partial charge in [0.15, 0.2) is 5.13 Å². The van der Waals surface area contributed by atoms with E-state index in [-0.39, 0.29) is 0 Å². The van der Waals surface area contributed by atoms with E-state index in [4.69, 9.17) is 9.47 Å². The van der Waals surface area contributed by atoms with Crippen molar-refractivity contribution < 1.29 is 9.47 Å². The maximum atomic E-state index is 5.86. The zero-order chi connectivity index (χ0) is 13.1. The molecule has 0 radical (unpaired) electrons. The van der Waals surface area contributed by atoms with Gasteiger partial charge in [-0.05, 0) is 12.8 Å². The Bertz CT molecular complexity index is 400. The molecule has 0 saturated carbocycles. The number of hydrogen-bond acceptors (Lipinski definition) is 6. The maximum absolute atomic E-state index is 5.86. The van der Waals surface area contributed by atoms with Crippen LogP contribution in [0.1, 0.15) is 17.7 Å². The average Bonchev–Trinajstić information content (AvgIpc) is 3.02. The summed E-state index contributed by atoms with van der Waals surface area (Å²) >= 11 is 1.79. The molecular formula is C13H21N3O2S. The molecular weight excluding hydrogens is 262 g/mol. The summed E-state index contributed by atoms with van der Waals surface area (Å²) in [6, 6.07) is 0. The molecule has 2 bridgehead atoms. The van der Waals surface area contributed by atoms with Crippen molar-refractivity contribution in [2.75, 3.05) is 38.3 Å². The van der Waals surface area contributed by atoms with Crippen LogP contribution >= 0.6 is 11.3 Å². The molecule has 3 rings (SSSR count). The van der Waals surface area contributed by atoms with Crippen LogP contribution < -0.4 is 10.2 Å². The van der Waals surface area contributed by atoms with E-state index in [1.807, 2.05) is 6.20 Å². The second-order valence-electron chi connectivity index (χ2n) is 5.14. The minimum atomic E-state index is 0.422. The van der Waals surface area contributed by atoms with Crippen molar-refractivity contribution in [3.8, 4) is 0 Å². The molecule has 3 heterocycles. The molecule has 2 unspecified atom stereocenters. The lowest BCUT2D eigenvalue weighted by Gasteiger charge is -2.31. The number of aromatic nitrogens is 1. The highest BCUT2D eigenvalue weighted by molar-refractivity contribution is 7.15. The normalized spacial score (nSPS) is 26.1. The highest BCUT2D eigenvalue weighted by Crippen LogP contribution is 2.31. The maximum Gasteiger partial charge on any atom is 0.185 e. The lowest BCUT2D eigenvalue weighted by molar-refractivity contribution is 0.0305. The van der Waals surface area contributed by atoms with Crippen LogP contribution in [0.4, 0.5) is 5.13 Å². The Morgan fingerprint density at radius 3 is 3.00 bits per heavy atom. The Balaban J connectivity index is 1.53. The fourth-order valence-corrected chi connectivity index (χ4v) is 3.58. The molecule has 2 aliphatic heterocycles. The molecule has 1 aromatic heterocycles. The fraction of sp³-hybridized carbons (Fsp3) is 0.769. The largest absolute Gasteiger partial charge is 0.383 e. The Labute approximate surface area is 117 Å². The third-order valence-corrected chi connectivity index (χ3v) is 4.70. The highest BCUT2D eigenvalue weighted by Gasteiger charge is 2.34. The quantitative estimate of drug-likeness (QED) is 0.796. The van der Waals surface area contributed by atoms with E-state index < -0.39 is 0 Å². The van der Waals surface area contributed by atoms with Gasteiger partial charge in [-0.2, -0.15) is 0 Å². The van der Waals surface area contributed by atoms with Crippen molar-refractivity contribution in [3.05, 3.63) is 11.1 Å². The Morgan fingerprint density at radius 1 is 1.47 bits per heavy atom. The van der Waals surface area contributed by atoms with Crippen LogP contribution in [0.5, 0.6) is 0 Å². The van der Waals surface area contributed by atoms with E-state index in [2.05, 4.69) is 15.2 Å². The minimum Gasteiger partial charge on any atom is -0.383 e. The number of methoxy groups -OCH3 is 1. The van der Waals surface area contributed by atoms with Gasteiger partial charge in [-0.3, -0.25) is 0 Å². The van der Waals surface area contributed by atoms with Crippen molar-refractivity contribution in [1.29, 1.82) is 0 Å². The number of fused-ring (bicyclic) bond motifs is 2. The molecule has 1 aromatic rings. The second-order valence-corrected chi connectivity index (χ2v) is 6.23. The summed E-state index contributed by atoms with van der Waals surface area (Å²) < 4.78 is 10.9. The van der Waals surface area contributed by atoms with Crippen molar-refractivity contribution in [3.63, 3.8) is 0 Å². The van der Waals surface area contributed by atoms with Gasteiger partial charge in [-0.25, -0.2) is 4.98 Å². The summed E-state index contributed by atoms with van der Waals surface area (Å²) in [6.07, 6.45) is 5.24. The minimum absolute atomic E-state index is 0.422. The van der Waals surface area contributed by atoms with E-state index >= 15 is 0 Å². The average molecular weight is 283 g/mol.